The summed E-state index contributed by atoms with van der Waals surface area (Å²) in [4.78, 5) is 10.8. The second-order valence-corrected chi connectivity index (χ2v) is 4.63. The van der Waals surface area contributed by atoms with Gasteiger partial charge in [0.2, 0.25) is 0 Å². The monoisotopic (exact) mass is 275 g/mol. The smallest absolute Gasteiger partial charge is 0.416 e. The predicted octanol–water partition coefficient (Wildman–Crippen LogP) is 3.29. The van der Waals surface area contributed by atoms with E-state index in [1.54, 1.807) is 0 Å². The SMILES string of the molecule is O=C(O)C1=CNc2ccc(C(F)(F)F)cc2CS1. The third-order valence-electron chi connectivity index (χ3n) is 2.39. The number of anilines is 1. The Morgan fingerprint density at radius 3 is 2.72 bits per heavy atom. The van der Waals surface area contributed by atoms with Gasteiger partial charge in [-0.25, -0.2) is 4.79 Å². The van der Waals surface area contributed by atoms with Gasteiger partial charge in [-0.3, -0.25) is 0 Å². The van der Waals surface area contributed by atoms with Crippen LogP contribution in [-0.2, 0) is 16.7 Å². The highest BCUT2D eigenvalue weighted by molar-refractivity contribution is 8.03. The zero-order valence-electron chi connectivity index (χ0n) is 8.91. The lowest BCUT2D eigenvalue weighted by Crippen LogP contribution is -2.06. The van der Waals surface area contributed by atoms with Crippen molar-refractivity contribution in [2.75, 3.05) is 5.32 Å². The molecule has 1 heterocycles. The van der Waals surface area contributed by atoms with Gasteiger partial charge in [0, 0.05) is 17.6 Å². The summed E-state index contributed by atoms with van der Waals surface area (Å²) in [6, 6.07) is 3.31. The fourth-order valence-electron chi connectivity index (χ4n) is 1.49. The lowest BCUT2D eigenvalue weighted by atomic mass is 10.1. The summed E-state index contributed by atoms with van der Waals surface area (Å²) in [5.74, 6) is -0.916. The number of fused-ring (bicyclic) bond motifs is 1. The number of halogens is 3. The molecule has 2 N–H and O–H groups in total. The summed E-state index contributed by atoms with van der Waals surface area (Å²) in [7, 11) is 0. The lowest BCUT2D eigenvalue weighted by molar-refractivity contribution is -0.137. The van der Waals surface area contributed by atoms with Gasteiger partial charge in [-0.2, -0.15) is 13.2 Å². The average molecular weight is 275 g/mol. The third kappa shape index (κ3) is 2.61. The maximum atomic E-state index is 12.5. The van der Waals surface area contributed by atoms with E-state index in [4.69, 9.17) is 5.11 Å². The van der Waals surface area contributed by atoms with Crippen LogP contribution in [0.5, 0.6) is 0 Å². The number of nitrogens with one attached hydrogen (secondary N) is 1. The minimum absolute atomic E-state index is 0.0692. The number of carboxylic acids is 1. The quantitative estimate of drug-likeness (QED) is 0.825. The molecule has 1 aromatic carbocycles. The van der Waals surface area contributed by atoms with E-state index in [0.717, 1.165) is 23.9 Å². The standard InChI is InChI=1S/C11H8F3NO2S/c12-11(13,14)7-1-2-8-6(3-7)5-18-9(4-15-8)10(16)17/h1-4,15H,5H2,(H,16,17). The molecule has 0 atom stereocenters. The van der Waals surface area contributed by atoms with E-state index in [1.807, 2.05) is 0 Å². The molecule has 0 saturated carbocycles. The fraction of sp³-hybridized carbons (Fsp3) is 0.182. The Bertz CT molecular complexity index is 526. The van der Waals surface area contributed by atoms with Crippen LogP contribution in [0.4, 0.5) is 18.9 Å². The Labute approximate surface area is 105 Å². The lowest BCUT2D eigenvalue weighted by Gasteiger charge is -2.11. The molecule has 18 heavy (non-hydrogen) atoms. The second kappa shape index (κ2) is 4.56. The number of carboxylic acid groups (broad SMARTS) is 1. The first-order valence-corrected chi connectivity index (χ1v) is 5.89. The van der Waals surface area contributed by atoms with Crippen LogP contribution in [0.3, 0.4) is 0 Å². The summed E-state index contributed by atoms with van der Waals surface area (Å²) in [5, 5.41) is 11.5. The van der Waals surface area contributed by atoms with Crippen molar-refractivity contribution in [3.05, 3.63) is 40.4 Å². The van der Waals surface area contributed by atoms with Crippen molar-refractivity contribution in [3.8, 4) is 0 Å². The summed E-state index contributed by atoms with van der Waals surface area (Å²) in [6.45, 7) is 0. The number of carbonyl (C=O) groups is 1. The van der Waals surface area contributed by atoms with Gasteiger partial charge in [0.25, 0.3) is 0 Å². The first-order valence-electron chi connectivity index (χ1n) is 4.91. The van der Waals surface area contributed by atoms with Gasteiger partial charge in [0.05, 0.1) is 5.56 Å². The molecule has 1 aromatic rings. The zero-order valence-corrected chi connectivity index (χ0v) is 9.73. The number of benzene rings is 1. The minimum Gasteiger partial charge on any atom is -0.477 e. The maximum Gasteiger partial charge on any atom is 0.416 e. The summed E-state index contributed by atoms with van der Waals surface area (Å²) >= 11 is 0.986. The number of hydrogen-bond acceptors (Lipinski definition) is 3. The Balaban J connectivity index is 2.31. The van der Waals surface area contributed by atoms with Crippen molar-refractivity contribution in [1.29, 1.82) is 0 Å². The molecule has 0 aromatic heterocycles. The number of rotatable bonds is 1. The molecule has 0 fully saturated rings. The Kier molecular flexibility index (Phi) is 3.25. The summed E-state index contributed by atoms with van der Waals surface area (Å²) < 4.78 is 37.6. The van der Waals surface area contributed by atoms with Crippen molar-refractivity contribution in [2.24, 2.45) is 0 Å². The van der Waals surface area contributed by atoms with Crippen LogP contribution < -0.4 is 5.32 Å². The first kappa shape index (κ1) is 12.8. The van der Waals surface area contributed by atoms with Crippen molar-refractivity contribution in [1.82, 2.24) is 0 Å². The van der Waals surface area contributed by atoms with E-state index in [0.29, 0.717) is 11.3 Å². The molecular formula is C11H8F3NO2S. The highest BCUT2D eigenvalue weighted by Crippen LogP contribution is 2.35. The number of thioether (sulfide) groups is 1. The van der Waals surface area contributed by atoms with Crippen molar-refractivity contribution in [3.63, 3.8) is 0 Å². The Hall–Kier alpha value is -1.63. The van der Waals surface area contributed by atoms with E-state index < -0.39 is 17.7 Å². The number of alkyl halides is 3. The highest BCUT2D eigenvalue weighted by Gasteiger charge is 2.31. The molecule has 7 heteroatoms. The Morgan fingerprint density at radius 1 is 1.39 bits per heavy atom. The predicted molar refractivity (Wildman–Crippen MR) is 62.1 cm³/mol. The molecular weight excluding hydrogens is 267 g/mol. The van der Waals surface area contributed by atoms with Crippen LogP contribution in [0.2, 0.25) is 0 Å². The van der Waals surface area contributed by atoms with Crippen LogP contribution in [0.1, 0.15) is 11.1 Å². The molecule has 0 aliphatic carbocycles. The highest BCUT2D eigenvalue weighted by atomic mass is 32.2. The number of hydrogen-bond donors (Lipinski definition) is 2. The zero-order chi connectivity index (χ0) is 13.3. The molecule has 1 aliphatic heterocycles. The fourth-order valence-corrected chi connectivity index (χ4v) is 2.31. The first-order chi connectivity index (χ1) is 8.38. The molecule has 96 valence electrons. The summed E-state index contributed by atoms with van der Waals surface area (Å²) in [5.41, 5.74) is 0.191. The van der Waals surface area contributed by atoms with E-state index in [9.17, 15) is 18.0 Å². The van der Waals surface area contributed by atoms with Crippen LogP contribution in [0.15, 0.2) is 29.3 Å². The molecule has 1 aliphatic rings. The van der Waals surface area contributed by atoms with Crippen molar-refractivity contribution >= 4 is 23.4 Å². The van der Waals surface area contributed by atoms with Gasteiger partial charge in [-0.1, -0.05) is 0 Å². The van der Waals surface area contributed by atoms with Gasteiger partial charge in [0.1, 0.15) is 4.91 Å². The largest absolute Gasteiger partial charge is 0.477 e. The van der Waals surface area contributed by atoms with Crippen LogP contribution in [0, 0.1) is 0 Å². The van der Waals surface area contributed by atoms with Gasteiger partial charge in [0.15, 0.2) is 0 Å². The minimum atomic E-state index is -4.39. The molecule has 0 saturated heterocycles. The van der Waals surface area contributed by atoms with E-state index in [2.05, 4.69) is 5.32 Å². The third-order valence-corrected chi connectivity index (χ3v) is 3.44. The summed E-state index contributed by atoms with van der Waals surface area (Å²) in [6.07, 6.45) is -3.11. The Morgan fingerprint density at radius 2 is 2.11 bits per heavy atom. The topological polar surface area (TPSA) is 49.3 Å². The van der Waals surface area contributed by atoms with Gasteiger partial charge in [-0.05, 0) is 23.8 Å². The molecule has 0 spiro atoms. The van der Waals surface area contributed by atoms with E-state index in [1.165, 1.54) is 12.3 Å². The molecule has 3 nitrogen and oxygen atoms in total. The molecule has 0 unspecified atom stereocenters. The van der Waals surface area contributed by atoms with E-state index >= 15 is 0 Å². The van der Waals surface area contributed by atoms with Gasteiger partial charge in [-0.15, -0.1) is 11.8 Å². The number of aliphatic carboxylic acids is 1. The molecule has 0 bridgehead atoms. The van der Waals surface area contributed by atoms with Crippen LogP contribution in [0.25, 0.3) is 0 Å². The van der Waals surface area contributed by atoms with Crippen LogP contribution in [-0.4, -0.2) is 11.1 Å². The van der Waals surface area contributed by atoms with E-state index in [-0.39, 0.29) is 10.7 Å². The van der Waals surface area contributed by atoms with Crippen LogP contribution >= 0.6 is 11.8 Å². The average Bonchev–Trinajstić information content (AvgIpc) is 2.48. The van der Waals surface area contributed by atoms with Crippen molar-refractivity contribution in [2.45, 2.75) is 11.9 Å². The maximum absolute atomic E-state index is 12.5. The molecule has 2 rings (SSSR count). The van der Waals surface area contributed by atoms with Crippen molar-refractivity contribution < 1.29 is 23.1 Å². The molecule has 0 radical (unpaired) electrons. The van der Waals surface area contributed by atoms with Gasteiger partial charge >= 0.3 is 12.1 Å². The molecule has 0 amide bonds. The second-order valence-electron chi connectivity index (χ2n) is 3.62. The normalized spacial score (nSPS) is 15.2. The van der Waals surface area contributed by atoms with Gasteiger partial charge < -0.3 is 10.4 Å².